The van der Waals surface area contributed by atoms with Gasteiger partial charge in [-0.25, -0.2) is 0 Å². The molecule has 1 heterocycles. The summed E-state index contributed by atoms with van der Waals surface area (Å²) in [4.78, 5) is 14.8. The predicted octanol–water partition coefficient (Wildman–Crippen LogP) is 2.34. The van der Waals surface area contributed by atoms with E-state index in [1.807, 2.05) is 4.90 Å². The lowest BCUT2D eigenvalue weighted by Crippen LogP contribution is -2.42. The summed E-state index contributed by atoms with van der Waals surface area (Å²) in [5.41, 5.74) is 0.596. The normalized spacial score (nSPS) is 16.8. The number of nitrogens with one attached hydrogen (secondary N) is 1. The van der Waals surface area contributed by atoms with Crippen molar-refractivity contribution in [2.45, 2.75) is 25.8 Å². The van der Waals surface area contributed by atoms with Crippen molar-refractivity contribution in [2.24, 2.45) is 0 Å². The molecule has 0 spiro atoms. The van der Waals surface area contributed by atoms with Crippen LogP contribution in [0.4, 0.5) is 0 Å². The van der Waals surface area contributed by atoms with Crippen LogP contribution >= 0.6 is 12.4 Å². The summed E-state index contributed by atoms with van der Waals surface area (Å²) in [7, 11) is 3.18. The van der Waals surface area contributed by atoms with Gasteiger partial charge in [0.05, 0.1) is 19.8 Å². The minimum absolute atomic E-state index is 0. The number of nitrogens with zero attached hydrogens (tertiary/aromatic N) is 1. The van der Waals surface area contributed by atoms with Crippen LogP contribution in [0.2, 0.25) is 0 Å². The zero-order valence-corrected chi connectivity index (χ0v) is 14.2. The van der Waals surface area contributed by atoms with E-state index in [1.165, 1.54) is 0 Å². The Morgan fingerprint density at radius 2 is 2.14 bits per heavy atom. The van der Waals surface area contributed by atoms with Crippen LogP contribution in [-0.4, -0.2) is 50.7 Å². The van der Waals surface area contributed by atoms with Crippen molar-refractivity contribution >= 4 is 18.3 Å². The van der Waals surface area contributed by atoms with Crippen molar-refractivity contribution in [3.05, 3.63) is 23.8 Å². The van der Waals surface area contributed by atoms with Crippen LogP contribution in [-0.2, 0) is 0 Å². The maximum atomic E-state index is 12.9. The third-order valence-electron chi connectivity index (χ3n) is 3.84. The van der Waals surface area contributed by atoms with Crippen LogP contribution in [0.3, 0.4) is 0 Å². The van der Waals surface area contributed by atoms with Gasteiger partial charge < -0.3 is 19.7 Å². The first-order valence-electron chi connectivity index (χ1n) is 7.45. The molecular weight excluding hydrogens is 304 g/mol. The highest BCUT2D eigenvalue weighted by Gasteiger charge is 2.28. The molecule has 6 heteroatoms. The van der Waals surface area contributed by atoms with E-state index in [-0.39, 0.29) is 24.4 Å². The van der Waals surface area contributed by atoms with E-state index in [0.29, 0.717) is 17.1 Å². The molecule has 1 N–H and O–H groups in total. The molecule has 22 heavy (non-hydrogen) atoms. The molecule has 1 aliphatic heterocycles. The van der Waals surface area contributed by atoms with Crippen LogP contribution in [0.1, 0.15) is 30.1 Å². The molecule has 0 radical (unpaired) electrons. The van der Waals surface area contributed by atoms with Gasteiger partial charge in [-0.3, -0.25) is 4.79 Å². The van der Waals surface area contributed by atoms with Crippen LogP contribution in [0.25, 0.3) is 0 Å². The Labute approximate surface area is 138 Å². The average molecular weight is 329 g/mol. The zero-order chi connectivity index (χ0) is 15.2. The van der Waals surface area contributed by atoms with Crippen molar-refractivity contribution in [1.82, 2.24) is 10.2 Å². The maximum Gasteiger partial charge on any atom is 0.257 e. The Hall–Kier alpha value is -1.46. The van der Waals surface area contributed by atoms with Gasteiger partial charge in [0.25, 0.3) is 5.91 Å². The molecule has 0 aromatic heterocycles. The van der Waals surface area contributed by atoms with Gasteiger partial charge in [-0.2, -0.15) is 0 Å². The molecule has 1 fully saturated rings. The molecule has 0 bridgehead atoms. The van der Waals surface area contributed by atoms with Gasteiger partial charge in [0, 0.05) is 25.2 Å². The third kappa shape index (κ3) is 4.05. The van der Waals surface area contributed by atoms with Gasteiger partial charge in [0.1, 0.15) is 11.5 Å². The number of amides is 1. The van der Waals surface area contributed by atoms with Crippen molar-refractivity contribution < 1.29 is 14.3 Å². The smallest absolute Gasteiger partial charge is 0.257 e. The number of rotatable bonds is 6. The summed E-state index contributed by atoms with van der Waals surface area (Å²) in [6.07, 6.45) is 1.95. The Morgan fingerprint density at radius 1 is 1.36 bits per heavy atom. The summed E-state index contributed by atoms with van der Waals surface area (Å²) in [6.45, 7) is 4.69. The molecule has 0 saturated carbocycles. The zero-order valence-electron chi connectivity index (χ0n) is 13.4. The van der Waals surface area contributed by atoms with Gasteiger partial charge in [-0.1, -0.05) is 6.92 Å². The summed E-state index contributed by atoms with van der Waals surface area (Å²) >= 11 is 0. The number of benzene rings is 1. The Balaban J connectivity index is 0.00000242. The Kier molecular flexibility index (Phi) is 7.48. The highest BCUT2D eigenvalue weighted by molar-refractivity contribution is 5.97. The van der Waals surface area contributed by atoms with Crippen LogP contribution < -0.4 is 14.8 Å². The molecule has 1 saturated heterocycles. The number of carbonyl (C=O) groups is 1. The van der Waals surface area contributed by atoms with E-state index in [4.69, 9.17) is 9.47 Å². The van der Waals surface area contributed by atoms with Crippen LogP contribution in [0, 0.1) is 0 Å². The minimum atomic E-state index is 0. The third-order valence-corrected chi connectivity index (χ3v) is 3.84. The Bertz CT molecular complexity index is 490. The fraction of sp³-hybridized carbons (Fsp3) is 0.562. The maximum absolute atomic E-state index is 12.9. The SMILES string of the molecule is CCCN(C(=O)c1ccc(OC)cc1OC)C1CCNC1.Cl. The predicted molar refractivity (Wildman–Crippen MR) is 89.4 cm³/mol. The molecule has 124 valence electrons. The molecule has 1 aliphatic rings. The van der Waals surface area contributed by atoms with Crippen LogP contribution in [0.15, 0.2) is 18.2 Å². The molecule has 5 nitrogen and oxygen atoms in total. The number of methoxy groups -OCH3 is 2. The monoisotopic (exact) mass is 328 g/mol. The second kappa shape index (κ2) is 8.86. The fourth-order valence-corrected chi connectivity index (χ4v) is 2.73. The van der Waals surface area contributed by atoms with Crippen molar-refractivity contribution in [3.8, 4) is 11.5 Å². The van der Waals surface area contributed by atoms with Gasteiger partial charge in [-0.05, 0) is 31.5 Å². The van der Waals surface area contributed by atoms with Crippen molar-refractivity contribution in [1.29, 1.82) is 0 Å². The first-order valence-corrected chi connectivity index (χ1v) is 7.45. The Morgan fingerprint density at radius 3 is 2.68 bits per heavy atom. The highest BCUT2D eigenvalue weighted by Crippen LogP contribution is 2.27. The van der Waals surface area contributed by atoms with E-state index in [2.05, 4.69) is 12.2 Å². The molecule has 1 amide bonds. The molecule has 1 aromatic rings. The quantitative estimate of drug-likeness (QED) is 0.871. The molecule has 2 rings (SSSR count). The van der Waals surface area contributed by atoms with E-state index in [1.54, 1.807) is 32.4 Å². The molecule has 1 aromatic carbocycles. The van der Waals surface area contributed by atoms with Crippen molar-refractivity contribution in [3.63, 3.8) is 0 Å². The lowest BCUT2D eigenvalue weighted by Gasteiger charge is -2.29. The number of ether oxygens (including phenoxy) is 2. The summed E-state index contributed by atoms with van der Waals surface area (Å²) in [5.74, 6) is 1.28. The number of halogens is 1. The second-order valence-electron chi connectivity index (χ2n) is 5.21. The number of carbonyl (C=O) groups excluding carboxylic acids is 1. The van der Waals surface area contributed by atoms with Gasteiger partial charge in [0.15, 0.2) is 0 Å². The van der Waals surface area contributed by atoms with Gasteiger partial charge in [-0.15, -0.1) is 12.4 Å². The van der Waals surface area contributed by atoms with E-state index in [0.717, 1.165) is 32.5 Å². The lowest BCUT2D eigenvalue weighted by atomic mass is 10.1. The van der Waals surface area contributed by atoms with E-state index >= 15 is 0 Å². The molecule has 1 atom stereocenters. The number of hydrogen-bond acceptors (Lipinski definition) is 4. The fourth-order valence-electron chi connectivity index (χ4n) is 2.73. The van der Waals surface area contributed by atoms with Gasteiger partial charge in [0.2, 0.25) is 0 Å². The van der Waals surface area contributed by atoms with Crippen LogP contribution in [0.5, 0.6) is 11.5 Å². The minimum Gasteiger partial charge on any atom is -0.497 e. The van der Waals surface area contributed by atoms with E-state index in [9.17, 15) is 4.79 Å². The lowest BCUT2D eigenvalue weighted by molar-refractivity contribution is 0.0689. The summed E-state index contributed by atoms with van der Waals surface area (Å²) in [6, 6.07) is 5.60. The second-order valence-corrected chi connectivity index (χ2v) is 5.21. The molecular formula is C16H25ClN2O3. The average Bonchev–Trinajstić information content (AvgIpc) is 3.05. The number of hydrogen-bond donors (Lipinski definition) is 1. The topological polar surface area (TPSA) is 50.8 Å². The highest BCUT2D eigenvalue weighted by atomic mass is 35.5. The standard InChI is InChI=1S/C16H24N2O3.ClH/c1-4-9-18(12-7-8-17-11-12)16(19)14-6-5-13(20-2)10-15(14)21-3;/h5-6,10,12,17H,4,7-9,11H2,1-3H3;1H. The molecule has 1 unspecified atom stereocenters. The first kappa shape index (κ1) is 18.6. The summed E-state index contributed by atoms with van der Waals surface area (Å²) in [5, 5.41) is 3.32. The first-order chi connectivity index (χ1) is 10.2. The van der Waals surface area contributed by atoms with Crippen molar-refractivity contribution in [2.75, 3.05) is 33.9 Å². The largest absolute Gasteiger partial charge is 0.497 e. The molecule has 0 aliphatic carbocycles. The van der Waals surface area contributed by atoms with E-state index < -0.39 is 0 Å². The van der Waals surface area contributed by atoms with Gasteiger partial charge >= 0.3 is 0 Å². The summed E-state index contributed by atoms with van der Waals surface area (Å²) < 4.78 is 10.5.